The topological polar surface area (TPSA) is 105 Å². The molecule has 3 amide bonds. The van der Waals surface area contributed by atoms with Crippen LogP contribution in [0.4, 0.5) is 16.3 Å². The van der Waals surface area contributed by atoms with Crippen molar-refractivity contribution in [3.05, 3.63) is 88.2 Å². The number of rotatable bonds is 6. The third kappa shape index (κ3) is 4.47. The first kappa shape index (κ1) is 25.9. The van der Waals surface area contributed by atoms with Crippen molar-refractivity contribution < 1.29 is 9.59 Å². The van der Waals surface area contributed by atoms with Crippen LogP contribution >= 0.6 is 0 Å². The number of benzene rings is 2. The summed E-state index contributed by atoms with van der Waals surface area (Å²) in [6.07, 6.45) is 2.39. The quantitative estimate of drug-likeness (QED) is 0.413. The van der Waals surface area contributed by atoms with E-state index in [9.17, 15) is 14.4 Å². The van der Waals surface area contributed by atoms with Gasteiger partial charge in [-0.25, -0.2) is 23.8 Å². The molecular formula is C29H31N7O3. The average Bonchev–Trinajstić information content (AvgIpc) is 3.39. The number of pyridine rings is 1. The number of hydrogen-bond donors (Lipinski definition) is 1. The molecule has 1 N–H and O–H groups in total. The second kappa shape index (κ2) is 10.2. The number of urea groups is 1. The fourth-order valence-corrected chi connectivity index (χ4v) is 5.23. The van der Waals surface area contributed by atoms with Gasteiger partial charge >= 0.3 is 11.7 Å². The number of carbonyl (C=O) groups is 2. The lowest BCUT2D eigenvalue weighted by atomic mass is 9.98. The first-order valence-electron chi connectivity index (χ1n) is 12.9. The molecule has 10 nitrogen and oxygen atoms in total. The van der Waals surface area contributed by atoms with Crippen LogP contribution in [0, 0.1) is 6.92 Å². The van der Waals surface area contributed by atoms with E-state index in [-0.39, 0.29) is 23.7 Å². The van der Waals surface area contributed by atoms with Crippen LogP contribution in [-0.2, 0) is 13.5 Å². The lowest BCUT2D eigenvalue weighted by Crippen LogP contribution is -2.34. The van der Waals surface area contributed by atoms with Crippen molar-refractivity contribution in [1.29, 1.82) is 0 Å². The Bertz CT molecular complexity index is 1620. The largest absolute Gasteiger partial charge is 0.355 e. The molecule has 0 saturated carbocycles. The molecule has 2 aromatic heterocycles. The zero-order chi connectivity index (χ0) is 27.8. The van der Waals surface area contributed by atoms with Gasteiger partial charge < -0.3 is 5.32 Å². The fraction of sp³-hybridized carbons (Fsp3) is 0.276. The zero-order valence-electron chi connectivity index (χ0n) is 22.7. The minimum absolute atomic E-state index is 0.118. The highest BCUT2D eigenvalue weighted by molar-refractivity contribution is 6.07. The third-order valence-corrected chi connectivity index (χ3v) is 7.10. The first-order valence-corrected chi connectivity index (χ1v) is 12.9. The predicted molar refractivity (Wildman–Crippen MR) is 151 cm³/mol. The van der Waals surface area contributed by atoms with Gasteiger partial charge in [0.15, 0.2) is 0 Å². The lowest BCUT2D eigenvalue weighted by Gasteiger charge is -2.22. The molecule has 0 bridgehead atoms. The van der Waals surface area contributed by atoms with Crippen molar-refractivity contribution in [2.24, 2.45) is 7.05 Å². The molecular weight excluding hydrogens is 494 g/mol. The van der Waals surface area contributed by atoms with E-state index in [2.05, 4.69) is 15.4 Å². The Morgan fingerprint density at radius 2 is 1.82 bits per heavy atom. The van der Waals surface area contributed by atoms with Crippen molar-refractivity contribution in [2.45, 2.75) is 33.2 Å². The molecule has 2 aromatic carbocycles. The van der Waals surface area contributed by atoms with Crippen molar-refractivity contribution in [2.75, 3.05) is 23.4 Å². The van der Waals surface area contributed by atoms with Gasteiger partial charge in [-0.15, -0.1) is 0 Å². The third-order valence-electron chi connectivity index (χ3n) is 7.10. The molecule has 10 heteroatoms. The maximum atomic E-state index is 13.7. The van der Waals surface area contributed by atoms with Crippen LogP contribution in [-0.4, -0.2) is 50.9 Å². The first-order chi connectivity index (χ1) is 18.7. The molecule has 1 aliphatic rings. The van der Waals surface area contributed by atoms with E-state index in [4.69, 9.17) is 0 Å². The minimum atomic E-state index is -0.203. The summed E-state index contributed by atoms with van der Waals surface area (Å²) in [5.41, 5.74) is 4.60. The smallest absolute Gasteiger partial charge is 0.350 e. The maximum absolute atomic E-state index is 13.7. The van der Waals surface area contributed by atoms with Gasteiger partial charge in [-0.2, -0.15) is 5.10 Å². The van der Waals surface area contributed by atoms with E-state index in [0.29, 0.717) is 35.9 Å². The second-order valence-electron chi connectivity index (χ2n) is 9.59. The molecule has 4 aromatic rings. The van der Waals surface area contributed by atoms with Crippen molar-refractivity contribution in [3.8, 4) is 16.8 Å². The molecule has 1 atom stereocenters. The number of anilines is 2. The molecule has 1 fully saturated rings. The second-order valence-corrected chi connectivity index (χ2v) is 9.59. The number of aromatic nitrogens is 4. The summed E-state index contributed by atoms with van der Waals surface area (Å²) in [6, 6.07) is 16.5. The Morgan fingerprint density at radius 1 is 1.08 bits per heavy atom. The highest BCUT2D eigenvalue weighted by Gasteiger charge is 2.38. The van der Waals surface area contributed by atoms with Crippen molar-refractivity contribution in [3.63, 3.8) is 0 Å². The van der Waals surface area contributed by atoms with Crippen LogP contribution in [0.1, 0.15) is 35.6 Å². The summed E-state index contributed by atoms with van der Waals surface area (Å²) in [7, 11) is 3.21. The van der Waals surface area contributed by atoms with E-state index < -0.39 is 0 Å². The summed E-state index contributed by atoms with van der Waals surface area (Å²) in [4.78, 5) is 46.4. The molecule has 3 heterocycles. The van der Waals surface area contributed by atoms with E-state index in [1.807, 2.05) is 50.2 Å². The predicted octanol–water partition coefficient (Wildman–Crippen LogP) is 3.70. The van der Waals surface area contributed by atoms with Crippen LogP contribution in [0.15, 0.2) is 65.6 Å². The van der Waals surface area contributed by atoms with Gasteiger partial charge in [-0.05, 0) is 67.8 Å². The number of aryl methyl sites for hydroxylation is 2. The molecule has 0 unspecified atom stereocenters. The van der Waals surface area contributed by atoms with Crippen LogP contribution in [0.5, 0.6) is 0 Å². The number of carbonyl (C=O) groups excluding carboxylic acids is 2. The van der Waals surface area contributed by atoms with E-state index >= 15 is 0 Å². The fourth-order valence-electron chi connectivity index (χ4n) is 5.23. The monoisotopic (exact) mass is 525 g/mol. The summed E-state index contributed by atoms with van der Waals surface area (Å²) in [5, 5.41) is 6.84. The minimum Gasteiger partial charge on any atom is -0.355 e. The molecule has 0 aliphatic carbocycles. The van der Waals surface area contributed by atoms with E-state index in [1.165, 1.54) is 4.68 Å². The van der Waals surface area contributed by atoms with E-state index in [0.717, 1.165) is 22.4 Å². The summed E-state index contributed by atoms with van der Waals surface area (Å²) < 4.78 is 2.89. The maximum Gasteiger partial charge on any atom is 0.350 e. The lowest BCUT2D eigenvalue weighted by molar-refractivity contribution is 0.0963. The molecule has 39 heavy (non-hydrogen) atoms. The molecule has 5 rings (SSSR count). The van der Waals surface area contributed by atoms with Crippen molar-refractivity contribution in [1.82, 2.24) is 24.6 Å². The van der Waals surface area contributed by atoms with Gasteiger partial charge in [0, 0.05) is 43.7 Å². The zero-order valence-corrected chi connectivity index (χ0v) is 22.7. The van der Waals surface area contributed by atoms with Crippen LogP contribution < -0.4 is 20.8 Å². The number of hydrogen-bond acceptors (Lipinski definition) is 5. The molecule has 0 spiro atoms. The number of nitrogens with one attached hydrogen (secondary N) is 1. The summed E-state index contributed by atoms with van der Waals surface area (Å²) in [5.74, 6) is 1.04. The van der Waals surface area contributed by atoms with Gasteiger partial charge in [0.1, 0.15) is 11.6 Å². The van der Waals surface area contributed by atoms with Gasteiger partial charge in [0.05, 0.1) is 11.7 Å². The molecule has 200 valence electrons. The normalized spacial score (nSPS) is 15.2. The summed E-state index contributed by atoms with van der Waals surface area (Å²) >= 11 is 0. The highest BCUT2D eigenvalue weighted by Crippen LogP contribution is 2.35. The van der Waals surface area contributed by atoms with E-state index in [1.54, 1.807) is 59.8 Å². The number of nitrogens with zero attached hydrogens (tertiary/aromatic N) is 6. The summed E-state index contributed by atoms with van der Waals surface area (Å²) in [6.45, 7) is 6.30. The Kier molecular flexibility index (Phi) is 6.78. The molecule has 0 radical (unpaired) electrons. The Hall–Kier alpha value is -4.73. The van der Waals surface area contributed by atoms with Crippen molar-refractivity contribution >= 4 is 23.4 Å². The standard InChI is InChI=1S/C29H31N7O3/c1-6-24-25(20-10-12-22(13-11-20)36-19(3)32-33(5)28(36)38)14-15-31-26(24)34-17-18(2)35(29(34)39)23-9-7-8-21(16-23)27(37)30-4/h7-16,18H,6,17H2,1-5H3,(H,30,37)/t18-/m0/s1. The Morgan fingerprint density at radius 3 is 2.46 bits per heavy atom. The van der Waals surface area contributed by atoms with Gasteiger partial charge in [-0.1, -0.05) is 25.1 Å². The number of amides is 3. The van der Waals surface area contributed by atoms with Gasteiger partial charge in [-0.3, -0.25) is 14.6 Å². The molecule has 1 saturated heterocycles. The van der Waals surface area contributed by atoms with Gasteiger partial charge in [0.2, 0.25) is 0 Å². The van der Waals surface area contributed by atoms with Crippen LogP contribution in [0.3, 0.4) is 0 Å². The Labute approximate surface area is 226 Å². The average molecular weight is 526 g/mol. The molecule has 1 aliphatic heterocycles. The van der Waals surface area contributed by atoms with Gasteiger partial charge in [0.25, 0.3) is 5.91 Å². The SMILES string of the molecule is CCc1c(-c2ccc(-n3c(C)nn(C)c3=O)cc2)ccnc1N1C[C@H](C)N(c2cccc(C(=O)NC)c2)C1=O. The highest BCUT2D eigenvalue weighted by atomic mass is 16.2. The van der Waals surface area contributed by atoms with Crippen LogP contribution in [0.2, 0.25) is 0 Å². The Balaban J connectivity index is 1.49. The van der Waals surface area contributed by atoms with Crippen LogP contribution in [0.25, 0.3) is 16.8 Å².